The van der Waals surface area contributed by atoms with Crippen molar-refractivity contribution in [3.05, 3.63) is 0 Å². The van der Waals surface area contributed by atoms with Gasteiger partial charge in [-0.3, -0.25) is 0 Å². The zero-order valence-electron chi connectivity index (χ0n) is 8.12. The van der Waals surface area contributed by atoms with E-state index in [0.29, 0.717) is 0 Å². The quantitative estimate of drug-likeness (QED) is 0.394. The molecular weight excluding hydrogens is 182 g/mol. The van der Waals surface area contributed by atoms with Crippen LogP contribution in [0.4, 0.5) is 4.79 Å². The molecule has 2 rings (SSSR count). The van der Waals surface area contributed by atoms with Crippen LogP contribution in [0.15, 0.2) is 0 Å². The highest BCUT2D eigenvalue weighted by molar-refractivity contribution is 5.95. The Morgan fingerprint density at radius 3 is 2.21 bits per heavy atom. The summed E-state index contributed by atoms with van der Waals surface area (Å²) in [4.78, 5) is 22.1. The van der Waals surface area contributed by atoms with E-state index in [0.717, 1.165) is 25.7 Å². The number of nitrogens with one attached hydrogen (secondary N) is 1. The average Bonchev–Trinajstić information content (AvgIpc) is 2.43. The molecule has 4 nitrogen and oxygen atoms in total. The third-order valence-corrected chi connectivity index (χ3v) is 3.09. The van der Waals surface area contributed by atoms with Crippen molar-refractivity contribution in [3.63, 3.8) is 0 Å². The van der Waals surface area contributed by atoms with Gasteiger partial charge in [-0.1, -0.05) is 25.7 Å². The van der Waals surface area contributed by atoms with Crippen molar-refractivity contribution in [1.82, 2.24) is 5.32 Å². The molecule has 1 aliphatic carbocycles. The van der Waals surface area contributed by atoms with Crippen LogP contribution in [-0.2, 0) is 9.53 Å². The average molecular weight is 197 g/mol. The Morgan fingerprint density at radius 2 is 1.71 bits per heavy atom. The van der Waals surface area contributed by atoms with Gasteiger partial charge >= 0.3 is 12.1 Å². The van der Waals surface area contributed by atoms with Crippen molar-refractivity contribution in [3.8, 4) is 0 Å². The van der Waals surface area contributed by atoms with Gasteiger partial charge in [-0.15, -0.1) is 0 Å². The number of amides is 1. The van der Waals surface area contributed by atoms with Gasteiger partial charge in [0.05, 0.1) is 0 Å². The number of hydrogen-bond acceptors (Lipinski definition) is 3. The van der Waals surface area contributed by atoms with E-state index in [1.807, 2.05) is 0 Å². The minimum absolute atomic E-state index is 0.288. The van der Waals surface area contributed by atoms with Crippen LogP contribution in [0, 0.1) is 5.92 Å². The molecule has 1 N–H and O–H groups in total. The van der Waals surface area contributed by atoms with E-state index in [2.05, 4.69) is 10.1 Å². The topological polar surface area (TPSA) is 55.4 Å². The van der Waals surface area contributed by atoms with Crippen LogP contribution in [0.3, 0.4) is 0 Å². The number of alkyl carbamates (subject to hydrolysis) is 1. The standard InChI is InChI=1S/C10H15NO3/c12-9-8(11-10(13)14-9)7-5-3-1-2-4-6-7/h7-8H,1-6H2,(H,11,13). The summed E-state index contributed by atoms with van der Waals surface area (Å²) in [6.45, 7) is 0. The molecule has 2 aliphatic rings. The molecule has 14 heavy (non-hydrogen) atoms. The summed E-state index contributed by atoms with van der Waals surface area (Å²) in [6.07, 6.45) is 6.27. The lowest BCUT2D eigenvalue weighted by atomic mass is 9.92. The molecule has 1 saturated carbocycles. The van der Waals surface area contributed by atoms with Crippen molar-refractivity contribution in [2.75, 3.05) is 0 Å². The summed E-state index contributed by atoms with van der Waals surface area (Å²) in [5.74, 6) is -0.0988. The third-order valence-electron chi connectivity index (χ3n) is 3.09. The molecule has 0 aromatic rings. The molecule has 1 heterocycles. The Morgan fingerprint density at radius 1 is 1.07 bits per heavy atom. The molecule has 1 saturated heterocycles. The molecule has 0 aromatic carbocycles. The molecular formula is C10H15NO3. The summed E-state index contributed by atoms with van der Waals surface area (Å²) < 4.78 is 4.48. The molecule has 1 atom stereocenters. The van der Waals surface area contributed by atoms with Gasteiger partial charge in [-0.25, -0.2) is 9.59 Å². The number of carbonyl (C=O) groups is 2. The molecule has 0 spiro atoms. The first-order valence-corrected chi connectivity index (χ1v) is 5.29. The predicted molar refractivity (Wildman–Crippen MR) is 49.6 cm³/mol. The second kappa shape index (κ2) is 3.98. The second-order valence-electron chi connectivity index (χ2n) is 4.08. The molecule has 0 radical (unpaired) electrons. The number of cyclic esters (lactones) is 2. The first kappa shape index (κ1) is 9.49. The summed E-state index contributed by atoms with van der Waals surface area (Å²) in [6, 6.07) is -0.374. The Balaban J connectivity index is 1.98. The number of rotatable bonds is 1. The highest BCUT2D eigenvalue weighted by Crippen LogP contribution is 2.27. The van der Waals surface area contributed by atoms with Crippen LogP contribution >= 0.6 is 0 Å². The Kier molecular flexibility index (Phi) is 2.70. The van der Waals surface area contributed by atoms with Crippen LogP contribution in [0.5, 0.6) is 0 Å². The highest BCUT2D eigenvalue weighted by atomic mass is 16.6. The Labute approximate surface area is 83.0 Å². The number of carbonyl (C=O) groups excluding carboxylic acids is 2. The maximum Gasteiger partial charge on any atom is 0.415 e. The van der Waals surface area contributed by atoms with Crippen LogP contribution in [0.2, 0.25) is 0 Å². The van der Waals surface area contributed by atoms with E-state index in [9.17, 15) is 9.59 Å². The largest absolute Gasteiger partial charge is 0.415 e. The summed E-state index contributed by atoms with van der Waals surface area (Å²) in [5.41, 5.74) is 0. The zero-order valence-corrected chi connectivity index (χ0v) is 8.12. The van der Waals surface area contributed by atoms with E-state index in [4.69, 9.17) is 0 Å². The fourth-order valence-corrected chi connectivity index (χ4v) is 2.32. The zero-order chi connectivity index (χ0) is 9.97. The van der Waals surface area contributed by atoms with Crippen LogP contribution in [0.25, 0.3) is 0 Å². The fourth-order valence-electron chi connectivity index (χ4n) is 2.32. The van der Waals surface area contributed by atoms with Crippen molar-refractivity contribution in [1.29, 1.82) is 0 Å². The Bertz CT molecular complexity index is 244. The molecule has 0 aromatic heterocycles. The van der Waals surface area contributed by atoms with E-state index in [1.54, 1.807) is 0 Å². The summed E-state index contributed by atoms with van der Waals surface area (Å²) in [7, 11) is 0. The molecule has 4 heteroatoms. The molecule has 1 aliphatic heterocycles. The van der Waals surface area contributed by atoms with Crippen molar-refractivity contribution >= 4 is 12.1 Å². The minimum Gasteiger partial charge on any atom is -0.375 e. The van der Waals surface area contributed by atoms with E-state index < -0.39 is 6.09 Å². The molecule has 0 bridgehead atoms. The van der Waals surface area contributed by atoms with E-state index in [1.165, 1.54) is 12.8 Å². The van der Waals surface area contributed by atoms with Crippen LogP contribution in [-0.4, -0.2) is 18.1 Å². The Hall–Kier alpha value is -1.06. The van der Waals surface area contributed by atoms with Gasteiger partial charge in [-0.2, -0.15) is 0 Å². The van der Waals surface area contributed by atoms with Gasteiger partial charge in [0.15, 0.2) is 0 Å². The maximum atomic E-state index is 11.3. The monoisotopic (exact) mass is 197 g/mol. The molecule has 1 unspecified atom stereocenters. The predicted octanol–water partition coefficient (Wildman–Crippen LogP) is 1.59. The molecule has 78 valence electrons. The fraction of sp³-hybridized carbons (Fsp3) is 0.800. The molecule has 1 amide bonds. The van der Waals surface area contributed by atoms with Gasteiger partial charge in [0, 0.05) is 0 Å². The maximum absolute atomic E-state index is 11.3. The summed E-state index contributed by atoms with van der Waals surface area (Å²) >= 11 is 0. The first-order valence-electron chi connectivity index (χ1n) is 5.29. The van der Waals surface area contributed by atoms with Gasteiger partial charge in [0.2, 0.25) is 0 Å². The molecule has 2 fully saturated rings. The van der Waals surface area contributed by atoms with Crippen LogP contribution < -0.4 is 5.32 Å². The second-order valence-corrected chi connectivity index (χ2v) is 4.08. The van der Waals surface area contributed by atoms with E-state index in [-0.39, 0.29) is 17.9 Å². The van der Waals surface area contributed by atoms with Crippen molar-refractivity contribution < 1.29 is 14.3 Å². The van der Waals surface area contributed by atoms with Gasteiger partial charge in [-0.05, 0) is 18.8 Å². The van der Waals surface area contributed by atoms with Gasteiger partial charge in [0.1, 0.15) is 6.04 Å². The highest BCUT2D eigenvalue weighted by Gasteiger charge is 2.38. The minimum atomic E-state index is -0.579. The lowest BCUT2D eigenvalue weighted by Crippen LogP contribution is -2.36. The van der Waals surface area contributed by atoms with Crippen LogP contribution in [0.1, 0.15) is 38.5 Å². The summed E-state index contributed by atoms with van der Waals surface area (Å²) in [5, 5.41) is 2.59. The van der Waals surface area contributed by atoms with E-state index >= 15 is 0 Å². The van der Waals surface area contributed by atoms with Gasteiger partial charge < -0.3 is 10.1 Å². The van der Waals surface area contributed by atoms with Crippen molar-refractivity contribution in [2.45, 2.75) is 44.6 Å². The first-order chi connectivity index (χ1) is 6.77. The normalized spacial score (nSPS) is 29.6. The van der Waals surface area contributed by atoms with Crippen molar-refractivity contribution in [2.24, 2.45) is 5.92 Å². The number of hydrogen-bond donors (Lipinski definition) is 1. The lowest BCUT2D eigenvalue weighted by Gasteiger charge is -2.17. The number of ether oxygens (including phenoxy) is 1. The number of esters is 1. The SMILES string of the molecule is O=C1NC(C2CCCCCC2)C(=O)O1. The lowest BCUT2D eigenvalue weighted by molar-refractivity contribution is -0.136. The van der Waals surface area contributed by atoms with Gasteiger partial charge in [0.25, 0.3) is 0 Å². The third kappa shape index (κ3) is 1.89. The smallest absolute Gasteiger partial charge is 0.375 e.